The fourth-order valence-corrected chi connectivity index (χ4v) is 2.40. The van der Waals surface area contributed by atoms with E-state index in [0.29, 0.717) is 15.6 Å². The van der Waals surface area contributed by atoms with Gasteiger partial charge in [0.25, 0.3) is 0 Å². The van der Waals surface area contributed by atoms with Crippen LogP contribution in [0.3, 0.4) is 0 Å². The number of aromatic nitrogens is 1. The number of hydrogen-bond donors (Lipinski definition) is 1. The van der Waals surface area contributed by atoms with Gasteiger partial charge in [0.05, 0.1) is 5.60 Å². The Morgan fingerprint density at radius 1 is 1.35 bits per heavy atom. The highest BCUT2D eigenvalue weighted by molar-refractivity contribution is 9.10. The highest BCUT2D eigenvalue weighted by Gasteiger charge is 2.21. The SMILES string of the molecule is Cc1c(C(C)(C)O)cnc2c(F)cc(Br)cc12. The van der Waals surface area contributed by atoms with E-state index in [1.807, 2.05) is 13.0 Å². The van der Waals surface area contributed by atoms with Crippen LogP contribution < -0.4 is 0 Å². The maximum Gasteiger partial charge on any atom is 0.150 e. The molecule has 2 aromatic rings. The third-order valence-corrected chi connectivity index (χ3v) is 3.28. The van der Waals surface area contributed by atoms with Crippen LogP contribution in [0.5, 0.6) is 0 Å². The molecule has 0 aliphatic heterocycles. The van der Waals surface area contributed by atoms with Crippen molar-refractivity contribution < 1.29 is 9.50 Å². The number of halogens is 2. The van der Waals surface area contributed by atoms with Gasteiger partial charge in [-0.25, -0.2) is 4.39 Å². The number of aryl methyl sites for hydroxylation is 1. The van der Waals surface area contributed by atoms with Crippen LogP contribution in [0.15, 0.2) is 22.8 Å². The average Bonchev–Trinajstić information content (AvgIpc) is 2.17. The van der Waals surface area contributed by atoms with E-state index in [4.69, 9.17) is 0 Å². The number of nitrogens with zero attached hydrogens (tertiary/aromatic N) is 1. The van der Waals surface area contributed by atoms with Gasteiger partial charge < -0.3 is 5.11 Å². The Morgan fingerprint density at radius 2 is 2.00 bits per heavy atom. The van der Waals surface area contributed by atoms with Gasteiger partial charge in [-0.15, -0.1) is 0 Å². The Hall–Kier alpha value is -1.000. The molecule has 1 aromatic carbocycles. The molecule has 2 nitrogen and oxygen atoms in total. The summed E-state index contributed by atoms with van der Waals surface area (Å²) in [5.41, 5.74) is 0.910. The molecule has 0 spiro atoms. The predicted molar refractivity (Wildman–Crippen MR) is 69.4 cm³/mol. The maximum absolute atomic E-state index is 13.7. The lowest BCUT2D eigenvalue weighted by Gasteiger charge is -2.21. The summed E-state index contributed by atoms with van der Waals surface area (Å²) in [5, 5.41) is 10.7. The van der Waals surface area contributed by atoms with Crippen molar-refractivity contribution in [1.82, 2.24) is 4.98 Å². The van der Waals surface area contributed by atoms with Crippen LogP contribution in [0.1, 0.15) is 25.0 Å². The summed E-state index contributed by atoms with van der Waals surface area (Å²) < 4.78 is 14.4. The normalized spacial score (nSPS) is 12.1. The summed E-state index contributed by atoms with van der Waals surface area (Å²) in [7, 11) is 0. The maximum atomic E-state index is 13.7. The Balaban J connectivity index is 2.84. The molecule has 0 atom stereocenters. The smallest absolute Gasteiger partial charge is 0.150 e. The summed E-state index contributed by atoms with van der Waals surface area (Å²) in [4.78, 5) is 4.09. The first kappa shape index (κ1) is 12.5. The van der Waals surface area contributed by atoms with Crippen molar-refractivity contribution in [2.24, 2.45) is 0 Å². The summed E-state index contributed by atoms with van der Waals surface area (Å²) in [6.45, 7) is 5.25. The van der Waals surface area contributed by atoms with Crippen LogP contribution in [0.25, 0.3) is 10.9 Å². The first-order valence-corrected chi connectivity index (χ1v) is 6.07. The minimum absolute atomic E-state index is 0.332. The van der Waals surface area contributed by atoms with Crippen molar-refractivity contribution in [2.45, 2.75) is 26.4 Å². The molecule has 0 saturated carbocycles. The summed E-state index contributed by atoms with van der Waals surface area (Å²) in [5.74, 6) is -0.361. The van der Waals surface area contributed by atoms with Crippen LogP contribution in [-0.4, -0.2) is 10.1 Å². The monoisotopic (exact) mass is 297 g/mol. The second-order valence-electron chi connectivity index (χ2n) is 4.64. The number of pyridine rings is 1. The van der Waals surface area contributed by atoms with Crippen LogP contribution in [0.4, 0.5) is 4.39 Å². The lowest BCUT2D eigenvalue weighted by molar-refractivity contribution is 0.0777. The zero-order chi connectivity index (χ0) is 12.8. The molecular weight excluding hydrogens is 285 g/mol. The Labute approximate surface area is 108 Å². The number of hydrogen-bond acceptors (Lipinski definition) is 2. The number of rotatable bonds is 1. The Bertz CT molecular complexity index is 590. The van der Waals surface area contributed by atoms with Crippen molar-refractivity contribution in [2.75, 3.05) is 0 Å². The fourth-order valence-electron chi connectivity index (χ4n) is 1.97. The first-order valence-electron chi connectivity index (χ1n) is 5.28. The molecule has 0 unspecified atom stereocenters. The fraction of sp³-hybridized carbons (Fsp3) is 0.308. The van der Waals surface area contributed by atoms with Crippen molar-refractivity contribution in [3.8, 4) is 0 Å². The molecule has 90 valence electrons. The predicted octanol–water partition coefficient (Wildman–Crippen LogP) is 3.67. The van der Waals surface area contributed by atoms with Gasteiger partial charge in [-0.1, -0.05) is 15.9 Å². The second kappa shape index (κ2) is 4.03. The largest absolute Gasteiger partial charge is 0.386 e. The topological polar surface area (TPSA) is 33.1 Å². The zero-order valence-corrected chi connectivity index (χ0v) is 11.5. The Kier molecular flexibility index (Phi) is 2.96. The molecule has 17 heavy (non-hydrogen) atoms. The van der Waals surface area contributed by atoms with E-state index >= 15 is 0 Å². The number of benzene rings is 1. The minimum atomic E-state index is -0.982. The summed E-state index contributed by atoms with van der Waals surface area (Å²) in [6.07, 6.45) is 1.54. The Morgan fingerprint density at radius 3 is 2.59 bits per heavy atom. The van der Waals surface area contributed by atoms with E-state index in [0.717, 1.165) is 10.9 Å². The molecule has 0 fully saturated rings. The van der Waals surface area contributed by atoms with Crippen molar-refractivity contribution >= 4 is 26.8 Å². The highest BCUT2D eigenvalue weighted by Crippen LogP contribution is 2.30. The van der Waals surface area contributed by atoms with Gasteiger partial charge >= 0.3 is 0 Å². The molecule has 4 heteroatoms. The number of aliphatic hydroxyl groups is 1. The van der Waals surface area contributed by atoms with E-state index in [-0.39, 0.29) is 5.82 Å². The van der Waals surface area contributed by atoms with Crippen LogP contribution in [0, 0.1) is 12.7 Å². The molecular formula is C13H13BrFNO. The van der Waals surface area contributed by atoms with E-state index in [1.54, 1.807) is 13.8 Å². The van der Waals surface area contributed by atoms with E-state index in [2.05, 4.69) is 20.9 Å². The third-order valence-electron chi connectivity index (χ3n) is 2.82. The molecule has 1 aromatic heterocycles. The van der Waals surface area contributed by atoms with Gasteiger partial charge in [0, 0.05) is 21.6 Å². The van der Waals surface area contributed by atoms with Crippen molar-refractivity contribution in [3.63, 3.8) is 0 Å². The second-order valence-corrected chi connectivity index (χ2v) is 5.56. The van der Waals surface area contributed by atoms with Gasteiger partial charge in [0.1, 0.15) is 5.52 Å². The molecule has 0 saturated heterocycles. The van der Waals surface area contributed by atoms with Gasteiger partial charge in [0.15, 0.2) is 5.82 Å². The van der Waals surface area contributed by atoms with Crippen LogP contribution in [0.2, 0.25) is 0 Å². The molecule has 1 N–H and O–H groups in total. The lowest BCUT2D eigenvalue weighted by atomic mass is 9.93. The molecule has 0 radical (unpaired) electrons. The minimum Gasteiger partial charge on any atom is -0.386 e. The summed E-state index contributed by atoms with van der Waals surface area (Å²) >= 11 is 3.26. The lowest BCUT2D eigenvalue weighted by Crippen LogP contribution is -2.17. The van der Waals surface area contributed by atoms with Crippen LogP contribution >= 0.6 is 15.9 Å². The van der Waals surface area contributed by atoms with E-state index < -0.39 is 5.60 Å². The molecule has 0 amide bonds. The molecule has 0 aliphatic carbocycles. The quantitative estimate of drug-likeness (QED) is 0.871. The molecule has 0 aliphatic rings. The molecule has 0 bridgehead atoms. The van der Waals surface area contributed by atoms with Crippen LogP contribution in [-0.2, 0) is 5.60 Å². The van der Waals surface area contributed by atoms with Gasteiger partial charge in [-0.3, -0.25) is 4.98 Å². The number of fused-ring (bicyclic) bond motifs is 1. The van der Waals surface area contributed by atoms with Gasteiger partial charge in [-0.05, 0) is 38.5 Å². The van der Waals surface area contributed by atoms with Crippen molar-refractivity contribution in [1.29, 1.82) is 0 Å². The average molecular weight is 298 g/mol. The third kappa shape index (κ3) is 2.19. The van der Waals surface area contributed by atoms with Gasteiger partial charge in [-0.2, -0.15) is 0 Å². The highest BCUT2D eigenvalue weighted by atomic mass is 79.9. The van der Waals surface area contributed by atoms with E-state index in [1.165, 1.54) is 12.3 Å². The van der Waals surface area contributed by atoms with Gasteiger partial charge in [0.2, 0.25) is 0 Å². The molecule has 1 heterocycles. The van der Waals surface area contributed by atoms with Crippen molar-refractivity contribution in [3.05, 3.63) is 39.7 Å². The molecule has 2 rings (SSSR count). The standard InChI is InChI=1S/C13H13BrFNO/c1-7-9-4-8(14)5-11(15)12(9)16-6-10(7)13(2,3)17/h4-6,17H,1-3H3. The zero-order valence-electron chi connectivity index (χ0n) is 9.88. The summed E-state index contributed by atoms with van der Waals surface area (Å²) in [6, 6.07) is 3.20. The van der Waals surface area contributed by atoms with E-state index in [9.17, 15) is 9.50 Å². The first-order chi connectivity index (χ1) is 7.80.